The third-order valence-electron chi connectivity index (χ3n) is 1.86. The van der Waals surface area contributed by atoms with E-state index < -0.39 is 11.9 Å². The third-order valence-corrected chi connectivity index (χ3v) is 1.86. The van der Waals surface area contributed by atoms with Crippen LogP contribution in [0.5, 0.6) is 17.2 Å². The first-order valence-electron chi connectivity index (χ1n) is 4.46. The number of hydrogen-bond donors (Lipinski definition) is 1. The van der Waals surface area contributed by atoms with E-state index in [2.05, 4.69) is 0 Å². The number of rotatable bonds is 1. The van der Waals surface area contributed by atoms with Crippen LogP contribution in [0, 0.1) is 0 Å². The molecule has 0 saturated carbocycles. The van der Waals surface area contributed by atoms with Gasteiger partial charge in [-0.2, -0.15) is 0 Å². The molecule has 1 aromatic carbocycles. The lowest BCUT2D eigenvalue weighted by Crippen LogP contribution is -2.30. The number of primary amides is 1. The van der Waals surface area contributed by atoms with Crippen molar-refractivity contribution in [2.24, 2.45) is 5.73 Å². The number of carbonyl (C=O) groups excluding carboxylic acids is 1. The van der Waals surface area contributed by atoms with E-state index in [1.54, 1.807) is 32.0 Å². The summed E-state index contributed by atoms with van der Waals surface area (Å²) in [5.74, 6) is 0.463. The normalized spacial score (nSPS) is 16.1. The van der Waals surface area contributed by atoms with E-state index in [0.717, 1.165) is 0 Å². The summed E-state index contributed by atoms with van der Waals surface area (Å²) in [7, 11) is 0. The Morgan fingerprint density at radius 2 is 2.13 bits per heavy atom. The Morgan fingerprint density at radius 3 is 2.80 bits per heavy atom. The maximum absolute atomic E-state index is 10.6. The van der Waals surface area contributed by atoms with Crippen molar-refractivity contribution in [2.45, 2.75) is 19.6 Å². The van der Waals surface area contributed by atoms with E-state index in [-0.39, 0.29) is 5.75 Å². The predicted octanol–water partition coefficient (Wildman–Crippen LogP) is 1.65. The second-order valence-electron chi connectivity index (χ2n) is 3.61. The maximum Gasteiger partial charge on any atom is 0.410 e. The molecule has 1 aromatic rings. The summed E-state index contributed by atoms with van der Waals surface area (Å²) in [6, 6.07) is 5.02. The highest BCUT2D eigenvalue weighted by molar-refractivity contribution is 5.70. The van der Waals surface area contributed by atoms with Gasteiger partial charge in [0.05, 0.1) is 0 Å². The van der Waals surface area contributed by atoms with Gasteiger partial charge in [-0.05, 0) is 12.1 Å². The van der Waals surface area contributed by atoms with Gasteiger partial charge in [0.15, 0.2) is 11.5 Å². The zero-order valence-electron chi connectivity index (χ0n) is 8.44. The standard InChI is InChI=1S/C10H11NO4/c1-10(2)14-7-5-3-4-6(8(7)15-10)13-9(11)12/h3-5H,1-2H3,(H2,11,12). The number of hydrogen-bond acceptors (Lipinski definition) is 4. The minimum Gasteiger partial charge on any atom is -0.449 e. The van der Waals surface area contributed by atoms with Crippen LogP contribution in [0.3, 0.4) is 0 Å². The molecule has 1 amide bonds. The van der Waals surface area contributed by atoms with Crippen LogP contribution in [-0.4, -0.2) is 11.9 Å². The molecule has 5 heteroatoms. The molecule has 80 valence electrons. The van der Waals surface area contributed by atoms with Crippen LogP contribution in [0.1, 0.15) is 13.8 Å². The highest BCUT2D eigenvalue weighted by Crippen LogP contribution is 2.45. The number of para-hydroxylation sites is 1. The molecule has 0 spiro atoms. The van der Waals surface area contributed by atoms with Gasteiger partial charge < -0.3 is 19.9 Å². The lowest BCUT2D eigenvalue weighted by atomic mass is 10.3. The van der Waals surface area contributed by atoms with Crippen molar-refractivity contribution < 1.29 is 19.0 Å². The zero-order chi connectivity index (χ0) is 11.1. The minimum atomic E-state index is -0.878. The minimum absolute atomic E-state index is 0.269. The molecule has 1 heterocycles. The summed E-state index contributed by atoms with van der Waals surface area (Å²) < 4.78 is 15.7. The number of fused-ring (bicyclic) bond motifs is 1. The first kappa shape index (κ1) is 9.64. The predicted molar refractivity (Wildman–Crippen MR) is 52.0 cm³/mol. The average molecular weight is 209 g/mol. The van der Waals surface area contributed by atoms with Crippen molar-refractivity contribution in [3.63, 3.8) is 0 Å². The largest absolute Gasteiger partial charge is 0.449 e. The van der Waals surface area contributed by atoms with Crippen molar-refractivity contribution in [2.75, 3.05) is 0 Å². The van der Waals surface area contributed by atoms with Gasteiger partial charge in [0, 0.05) is 13.8 Å². The van der Waals surface area contributed by atoms with E-state index >= 15 is 0 Å². The average Bonchev–Trinajstić information content (AvgIpc) is 2.39. The molecular formula is C10H11NO4. The first-order valence-corrected chi connectivity index (χ1v) is 4.46. The molecule has 0 radical (unpaired) electrons. The Labute approximate surface area is 86.7 Å². The molecule has 5 nitrogen and oxygen atoms in total. The van der Waals surface area contributed by atoms with Crippen molar-refractivity contribution in [1.82, 2.24) is 0 Å². The fourth-order valence-electron chi connectivity index (χ4n) is 1.40. The van der Waals surface area contributed by atoms with E-state index in [0.29, 0.717) is 11.5 Å². The Kier molecular flexibility index (Phi) is 1.96. The third kappa shape index (κ3) is 1.81. The highest BCUT2D eigenvalue weighted by Gasteiger charge is 2.34. The molecule has 0 unspecified atom stereocenters. The first-order chi connectivity index (χ1) is 6.98. The summed E-state index contributed by atoms with van der Waals surface area (Å²) in [5.41, 5.74) is 4.93. The SMILES string of the molecule is CC1(C)Oc2cccc(OC(N)=O)c2O1. The summed E-state index contributed by atoms with van der Waals surface area (Å²) in [5, 5.41) is 0. The number of nitrogens with two attached hydrogens (primary N) is 1. The molecular weight excluding hydrogens is 198 g/mol. The summed E-state index contributed by atoms with van der Waals surface area (Å²) in [4.78, 5) is 10.6. The van der Waals surface area contributed by atoms with Crippen LogP contribution in [-0.2, 0) is 0 Å². The topological polar surface area (TPSA) is 70.8 Å². The van der Waals surface area contributed by atoms with Crippen molar-refractivity contribution in [3.05, 3.63) is 18.2 Å². The quantitative estimate of drug-likeness (QED) is 0.763. The van der Waals surface area contributed by atoms with Gasteiger partial charge in [-0.3, -0.25) is 0 Å². The van der Waals surface area contributed by atoms with E-state index in [4.69, 9.17) is 19.9 Å². The molecule has 0 bridgehead atoms. The Balaban J connectivity index is 2.37. The van der Waals surface area contributed by atoms with Gasteiger partial charge in [-0.1, -0.05) is 6.07 Å². The fraction of sp³-hybridized carbons (Fsp3) is 0.300. The van der Waals surface area contributed by atoms with Gasteiger partial charge in [0.25, 0.3) is 0 Å². The van der Waals surface area contributed by atoms with Gasteiger partial charge >= 0.3 is 6.09 Å². The molecule has 0 saturated heterocycles. The highest BCUT2D eigenvalue weighted by atomic mass is 16.7. The van der Waals surface area contributed by atoms with Crippen LogP contribution in [0.4, 0.5) is 4.79 Å². The fourth-order valence-corrected chi connectivity index (χ4v) is 1.40. The van der Waals surface area contributed by atoms with Crippen molar-refractivity contribution in [1.29, 1.82) is 0 Å². The molecule has 0 aliphatic carbocycles. The lowest BCUT2D eigenvalue weighted by molar-refractivity contribution is -0.0438. The number of ether oxygens (including phenoxy) is 3. The van der Waals surface area contributed by atoms with E-state index in [1.807, 2.05) is 0 Å². The monoisotopic (exact) mass is 209 g/mol. The molecule has 0 atom stereocenters. The zero-order valence-corrected chi connectivity index (χ0v) is 8.44. The van der Waals surface area contributed by atoms with Gasteiger partial charge in [-0.15, -0.1) is 0 Å². The molecule has 15 heavy (non-hydrogen) atoms. The lowest BCUT2D eigenvalue weighted by Gasteiger charge is -2.16. The maximum atomic E-state index is 10.6. The Hall–Kier alpha value is -1.91. The van der Waals surface area contributed by atoms with Crippen molar-refractivity contribution >= 4 is 6.09 Å². The van der Waals surface area contributed by atoms with Gasteiger partial charge in [-0.25, -0.2) is 4.79 Å². The molecule has 2 N–H and O–H groups in total. The molecule has 0 fully saturated rings. The summed E-state index contributed by atoms with van der Waals surface area (Å²) in [6.07, 6.45) is -0.878. The molecule has 1 aliphatic heterocycles. The smallest absolute Gasteiger partial charge is 0.410 e. The van der Waals surface area contributed by atoms with E-state index in [1.165, 1.54) is 0 Å². The number of benzene rings is 1. The molecule has 1 aliphatic rings. The summed E-state index contributed by atoms with van der Waals surface area (Å²) in [6.45, 7) is 3.53. The van der Waals surface area contributed by atoms with Crippen LogP contribution in [0.25, 0.3) is 0 Å². The number of amides is 1. The van der Waals surface area contributed by atoms with Crippen molar-refractivity contribution in [3.8, 4) is 17.2 Å². The molecule has 0 aromatic heterocycles. The van der Waals surface area contributed by atoms with Crippen LogP contribution in [0.2, 0.25) is 0 Å². The van der Waals surface area contributed by atoms with Gasteiger partial charge in [0.2, 0.25) is 11.5 Å². The van der Waals surface area contributed by atoms with Crippen LogP contribution >= 0.6 is 0 Å². The van der Waals surface area contributed by atoms with Gasteiger partial charge in [0.1, 0.15) is 0 Å². The van der Waals surface area contributed by atoms with E-state index in [9.17, 15) is 4.79 Å². The number of carbonyl (C=O) groups is 1. The van der Waals surface area contributed by atoms with Crippen LogP contribution in [0.15, 0.2) is 18.2 Å². The van der Waals surface area contributed by atoms with Crippen LogP contribution < -0.4 is 19.9 Å². The molecule has 2 rings (SSSR count). The second kappa shape index (κ2) is 3.05. The Bertz CT molecular complexity index is 414. The second-order valence-corrected chi connectivity index (χ2v) is 3.61. The summed E-state index contributed by atoms with van der Waals surface area (Å²) >= 11 is 0. The Morgan fingerprint density at radius 1 is 1.40 bits per heavy atom.